The molecule has 0 radical (unpaired) electrons. The molecule has 1 amide bonds. The molecular formula is C28H43NO3. The summed E-state index contributed by atoms with van der Waals surface area (Å²) in [6.45, 7) is 4.15. The number of rotatable bonds is 19. The Morgan fingerprint density at radius 2 is 1.16 bits per heavy atom. The fourth-order valence-corrected chi connectivity index (χ4v) is 2.79. The predicted octanol–water partition coefficient (Wildman–Crippen LogP) is 7.22. The molecule has 178 valence electrons. The zero-order chi connectivity index (χ0) is 23.7. The maximum absolute atomic E-state index is 11.9. The first-order chi connectivity index (χ1) is 15.6. The van der Waals surface area contributed by atoms with Gasteiger partial charge in [0, 0.05) is 6.42 Å². The van der Waals surface area contributed by atoms with Crippen LogP contribution in [0.5, 0.6) is 0 Å². The number of carbonyl (C=O) groups excluding carboxylic acids is 1. The van der Waals surface area contributed by atoms with Crippen LogP contribution in [0.4, 0.5) is 0 Å². The molecule has 0 aliphatic carbocycles. The summed E-state index contributed by atoms with van der Waals surface area (Å²) in [6.07, 6.45) is 34.7. The average Bonchev–Trinajstić information content (AvgIpc) is 2.78. The summed E-state index contributed by atoms with van der Waals surface area (Å²) in [5.74, 6) is -1.16. The Hall–Kier alpha value is -2.62. The lowest BCUT2D eigenvalue weighted by Crippen LogP contribution is -2.40. The Labute approximate surface area is 195 Å². The van der Waals surface area contributed by atoms with E-state index >= 15 is 0 Å². The maximum Gasteiger partial charge on any atom is 0.326 e. The van der Waals surface area contributed by atoms with Crippen LogP contribution >= 0.6 is 0 Å². The van der Waals surface area contributed by atoms with E-state index in [1.165, 1.54) is 0 Å². The number of hydrogen-bond donors (Lipinski definition) is 2. The van der Waals surface area contributed by atoms with Crippen molar-refractivity contribution in [3.8, 4) is 0 Å². The number of carboxylic acids is 1. The number of carbonyl (C=O) groups is 2. The Bertz CT molecular complexity index is 654. The highest BCUT2D eigenvalue weighted by Crippen LogP contribution is 2.03. The maximum atomic E-state index is 11.9. The van der Waals surface area contributed by atoms with Crippen molar-refractivity contribution in [3.05, 3.63) is 72.9 Å². The Morgan fingerprint density at radius 3 is 1.56 bits per heavy atom. The monoisotopic (exact) mass is 441 g/mol. The molecule has 0 saturated heterocycles. The molecule has 0 rings (SSSR count). The molecule has 1 unspecified atom stereocenters. The summed E-state index contributed by atoms with van der Waals surface area (Å²) in [4.78, 5) is 23.0. The molecule has 0 fully saturated rings. The van der Waals surface area contributed by atoms with E-state index in [9.17, 15) is 9.59 Å². The van der Waals surface area contributed by atoms with Crippen molar-refractivity contribution in [1.82, 2.24) is 5.32 Å². The molecule has 0 aromatic heterocycles. The molecule has 1 atom stereocenters. The summed E-state index contributed by atoms with van der Waals surface area (Å²) in [7, 11) is 0. The smallest absolute Gasteiger partial charge is 0.326 e. The highest BCUT2D eigenvalue weighted by molar-refractivity contribution is 5.83. The molecule has 0 spiro atoms. The normalized spacial score (nSPS) is 13.6. The Morgan fingerprint density at radius 1 is 0.719 bits per heavy atom. The Balaban J connectivity index is 3.77. The fraction of sp³-hybridized carbons (Fsp3) is 0.500. The largest absolute Gasteiger partial charge is 0.480 e. The summed E-state index contributed by atoms with van der Waals surface area (Å²) in [6, 6.07) is -0.771. The number of unbranched alkanes of at least 4 members (excludes halogenated alkanes) is 1. The van der Waals surface area contributed by atoms with Crippen LogP contribution in [0, 0.1) is 0 Å². The van der Waals surface area contributed by atoms with E-state index in [0.29, 0.717) is 19.3 Å². The molecule has 0 aromatic rings. The van der Waals surface area contributed by atoms with Gasteiger partial charge in [0.25, 0.3) is 0 Å². The van der Waals surface area contributed by atoms with E-state index in [2.05, 4.69) is 73.0 Å². The van der Waals surface area contributed by atoms with Crippen molar-refractivity contribution in [2.75, 3.05) is 0 Å². The van der Waals surface area contributed by atoms with Gasteiger partial charge >= 0.3 is 5.97 Å². The van der Waals surface area contributed by atoms with Crippen LogP contribution < -0.4 is 5.32 Å². The summed E-state index contributed by atoms with van der Waals surface area (Å²) in [5, 5.41) is 11.7. The van der Waals surface area contributed by atoms with Crippen molar-refractivity contribution in [2.24, 2.45) is 0 Å². The van der Waals surface area contributed by atoms with Crippen LogP contribution in [0.15, 0.2) is 72.9 Å². The third-order valence-electron chi connectivity index (χ3n) is 4.61. The van der Waals surface area contributed by atoms with Gasteiger partial charge in [-0.1, -0.05) is 99.6 Å². The Kier molecular flexibility index (Phi) is 21.2. The zero-order valence-corrected chi connectivity index (χ0v) is 20.0. The third kappa shape index (κ3) is 20.6. The molecule has 4 nitrogen and oxygen atoms in total. The van der Waals surface area contributed by atoms with E-state index in [1.807, 2.05) is 19.1 Å². The molecule has 0 aliphatic heterocycles. The lowest BCUT2D eigenvalue weighted by molar-refractivity contribution is -0.142. The van der Waals surface area contributed by atoms with Gasteiger partial charge in [-0.15, -0.1) is 0 Å². The van der Waals surface area contributed by atoms with Gasteiger partial charge in [-0.25, -0.2) is 4.79 Å². The minimum atomic E-state index is -0.958. The lowest BCUT2D eigenvalue weighted by atomic mass is 10.1. The molecule has 0 saturated carbocycles. The molecule has 0 aromatic carbocycles. The van der Waals surface area contributed by atoms with Crippen LogP contribution in [-0.2, 0) is 9.59 Å². The fourth-order valence-electron chi connectivity index (χ4n) is 2.79. The van der Waals surface area contributed by atoms with Gasteiger partial charge in [-0.3, -0.25) is 4.79 Å². The van der Waals surface area contributed by atoms with Gasteiger partial charge in [0.1, 0.15) is 6.04 Å². The van der Waals surface area contributed by atoms with E-state index < -0.39 is 12.0 Å². The SMILES string of the molecule is CCC=CCC=CCC=CCC=CCC=CCC=CCCC(=O)NC(CCCC)C(=O)O. The molecule has 2 N–H and O–H groups in total. The zero-order valence-electron chi connectivity index (χ0n) is 20.0. The van der Waals surface area contributed by atoms with Gasteiger partial charge in [0.05, 0.1) is 0 Å². The van der Waals surface area contributed by atoms with E-state index in [4.69, 9.17) is 5.11 Å². The summed E-state index contributed by atoms with van der Waals surface area (Å²) >= 11 is 0. The molecular weight excluding hydrogens is 398 g/mol. The van der Waals surface area contributed by atoms with Crippen molar-refractivity contribution in [3.63, 3.8) is 0 Å². The summed E-state index contributed by atoms with van der Waals surface area (Å²) < 4.78 is 0. The highest BCUT2D eigenvalue weighted by atomic mass is 16.4. The first-order valence-corrected chi connectivity index (χ1v) is 12.0. The number of carboxylic acid groups (broad SMARTS) is 1. The topological polar surface area (TPSA) is 66.4 Å². The number of aliphatic carboxylic acids is 1. The minimum absolute atomic E-state index is 0.201. The highest BCUT2D eigenvalue weighted by Gasteiger charge is 2.18. The molecule has 0 heterocycles. The molecule has 32 heavy (non-hydrogen) atoms. The molecule has 0 aliphatic rings. The second kappa shape index (κ2) is 23.1. The van der Waals surface area contributed by atoms with Gasteiger partial charge < -0.3 is 10.4 Å². The summed E-state index contributed by atoms with van der Waals surface area (Å²) in [5.41, 5.74) is 0. The predicted molar refractivity (Wildman–Crippen MR) is 137 cm³/mol. The second-order valence-electron chi connectivity index (χ2n) is 7.55. The van der Waals surface area contributed by atoms with Crippen molar-refractivity contribution in [1.29, 1.82) is 0 Å². The number of amides is 1. The quantitative estimate of drug-likeness (QED) is 0.208. The van der Waals surface area contributed by atoms with Gasteiger partial charge in [0.2, 0.25) is 5.91 Å². The molecule has 4 heteroatoms. The van der Waals surface area contributed by atoms with Crippen LogP contribution in [0.2, 0.25) is 0 Å². The average molecular weight is 442 g/mol. The minimum Gasteiger partial charge on any atom is -0.480 e. The third-order valence-corrected chi connectivity index (χ3v) is 4.61. The molecule has 0 bridgehead atoms. The van der Waals surface area contributed by atoms with Crippen molar-refractivity contribution >= 4 is 11.9 Å². The van der Waals surface area contributed by atoms with Crippen molar-refractivity contribution < 1.29 is 14.7 Å². The van der Waals surface area contributed by atoms with Crippen LogP contribution in [0.3, 0.4) is 0 Å². The number of hydrogen-bond acceptors (Lipinski definition) is 2. The van der Waals surface area contributed by atoms with Gasteiger partial charge in [0.15, 0.2) is 0 Å². The first-order valence-electron chi connectivity index (χ1n) is 12.0. The number of allylic oxidation sites excluding steroid dienone is 12. The van der Waals surface area contributed by atoms with E-state index in [-0.39, 0.29) is 5.91 Å². The first kappa shape index (κ1) is 29.4. The van der Waals surface area contributed by atoms with Crippen LogP contribution in [0.25, 0.3) is 0 Å². The van der Waals surface area contributed by atoms with Gasteiger partial charge in [-0.2, -0.15) is 0 Å². The van der Waals surface area contributed by atoms with Crippen LogP contribution in [-0.4, -0.2) is 23.0 Å². The van der Waals surface area contributed by atoms with E-state index in [1.54, 1.807) is 0 Å². The second-order valence-corrected chi connectivity index (χ2v) is 7.55. The lowest BCUT2D eigenvalue weighted by Gasteiger charge is -2.13. The number of nitrogens with one attached hydrogen (secondary N) is 1. The van der Waals surface area contributed by atoms with Gasteiger partial charge in [-0.05, 0) is 51.4 Å². The standard InChI is InChI=1S/C28H43NO3/c1-3-5-7-8-9-10-11-12-13-14-15-16-17-18-19-20-21-22-23-25-27(30)29-26(28(31)32)24-6-4-2/h5,7,9-10,12-13,15-16,18-19,21-22,26H,3-4,6,8,11,14,17,20,23-25H2,1-2H3,(H,29,30)(H,31,32). The van der Waals surface area contributed by atoms with E-state index in [0.717, 1.165) is 51.4 Å². The van der Waals surface area contributed by atoms with Crippen LogP contribution in [0.1, 0.15) is 84.5 Å². The van der Waals surface area contributed by atoms with Crippen molar-refractivity contribution in [2.45, 2.75) is 90.5 Å².